The molecule has 16 heavy (non-hydrogen) atoms. The Morgan fingerprint density at radius 2 is 2.00 bits per heavy atom. The molecule has 0 radical (unpaired) electrons. The van der Waals surface area contributed by atoms with E-state index in [1.54, 1.807) is 0 Å². The van der Waals surface area contributed by atoms with Gasteiger partial charge in [0.2, 0.25) is 0 Å². The lowest BCUT2D eigenvalue weighted by molar-refractivity contribution is -0.122. The lowest BCUT2D eigenvalue weighted by atomic mass is 10.2. The fraction of sp³-hybridized carbons (Fsp3) is 0.364. The standard InChI is InChI=1S/C11H10F3NO/c1-6-4-7(5-8(12)9(6)13)15-10(16)11(14)2-3-11/h4-5H,2-3H2,1H3,(H,15,16). The quantitative estimate of drug-likeness (QED) is 0.830. The van der Waals surface area contributed by atoms with Crippen LogP contribution in [0.4, 0.5) is 18.9 Å². The minimum Gasteiger partial charge on any atom is -0.323 e. The van der Waals surface area contributed by atoms with E-state index in [1.165, 1.54) is 13.0 Å². The summed E-state index contributed by atoms with van der Waals surface area (Å²) in [6.07, 6.45) is 0.364. The molecule has 5 heteroatoms. The highest BCUT2D eigenvalue weighted by Gasteiger charge is 2.50. The topological polar surface area (TPSA) is 29.1 Å². The molecule has 1 aliphatic rings. The van der Waals surface area contributed by atoms with Gasteiger partial charge in [0.25, 0.3) is 5.91 Å². The third-order valence-electron chi connectivity index (χ3n) is 2.56. The van der Waals surface area contributed by atoms with Crippen molar-refractivity contribution < 1.29 is 18.0 Å². The van der Waals surface area contributed by atoms with Gasteiger partial charge in [-0.25, -0.2) is 13.2 Å². The second-order valence-electron chi connectivity index (χ2n) is 4.01. The molecule has 0 spiro atoms. The highest BCUT2D eigenvalue weighted by molar-refractivity contribution is 5.99. The Bertz CT molecular complexity index is 432. The Hall–Kier alpha value is -1.52. The van der Waals surface area contributed by atoms with E-state index in [2.05, 4.69) is 5.32 Å². The van der Waals surface area contributed by atoms with Gasteiger partial charge in [-0.3, -0.25) is 4.79 Å². The smallest absolute Gasteiger partial charge is 0.262 e. The van der Waals surface area contributed by atoms with E-state index in [0.717, 1.165) is 6.07 Å². The monoisotopic (exact) mass is 229 g/mol. The van der Waals surface area contributed by atoms with Crippen LogP contribution in [0.25, 0.3) is 0 Å². The van der Waals surface area contributed by atoms with Crippen LogP contribution in [0.5, 0.6) is 0 Å². The molecule has 1 N–H and O–H groups in total. The zero-order valence-electron chi connectivity index (χ0n) is 8.61. The summed E-state index contributed by atoms with van der Waals surface area (Å²) in [5.74, 6) is -2.81. The van der Waals surface area contributed by atoms with Gasteiger partial charge in [0, 0.05) is 11.8 Å². The summed E-state index contributed by atoms with van der Waals surface area (Å²) in [6.45, 7) is 1.37. The molecule has 0 unspecified atom stereocenters. The van der Waals surface area contributed by atoms with Gasteiger partial charge in [-0.05, 0) is 31.4 Å². The molecule has 2 nitrogen and oxygen atoms in total. The maximum Gasteiger partial charge on any atom is 0.262 e. The number of nitrogens with one attached hydrogen (secondary N) is 1. The van der Waals surface area contributed by atoms with Crippen LogP contribution >= 0.6 is 0 Å². The van der Waals surface area contributed by atoms with Crippen molar-refractivity contribution >= 4 is 11.6 Å². The molecule has 1 aromatic carbocycles. The number of carbonyl (C=O) groups is 1. The van der Waals surface area contributed by atoms with Crippen molar-refractivity contribution in [2.75, 3.05) is 5.32 Å². The number of aryl methyl sites for hydroxylation is 1. The number of hydrogen-bond donors (Lipinski definition) is 1. The Morgan fingerprint density at radius 1 is 1.38 bits per heavy atom. The van der Waals surface area contributed by atoms with E-state index >= 15 is 0 Å². The fourth-order valence-corrected chi connectivity index (χ4v) is 1.38. The molecule has 0 saturated heterocycles. The predicted molar refractivity (Wildman–Crippen MR) is 52.8 cm³/mol. The van der Waals surface area contributed by atoms with E-state index in [-0.39, 0.29) is 24.1 Å². The van der Waals surface area contributed by atoms with Gasteiger partial charge in [-0.15, -0.1) is 0 Å². The Labute approximate surface area is 90.5 Å². The number of benzene rings is 1. The van der Waals surface area contributed by atoms with Crippen molar-refractivity contribution in [1.82, 2.24) is 0 Å². The van der Waals surface area contributed by atoms with Crippen LogP contribution in [0.1, 0.15) is 18.4 Å². The van der Waals surface area contributed by atoms with Crippen LogP contribution in [0.15, 0.2) is 12.1 Å². The minimum absolute atomic E-state index is 0.0685. The van der Waals surface area contributed by atoms with Gasteiger partial charge in [0.1, 0.15) is 0 Å². The molecular weight excluding hydrogens is 219 g/mol. The number of hydrogen-bond acceptors (Lipinski definition) is 1. The zero-order chi connectivity index (χ0) is 11.9. The Kier molecular flexibility index (Phi) is 2.40. The number of rotatable bonds is 2. The maximum absolute atomic E-state index is 13.3. The van der Waals surface area contributed by atoms with E-state index in [1.807, 2.05) is 0 Å². The van der Waals surface area contributed by atoms with E-state index < -0.39 is 23.2 Å². The molecule has 1 amide bonds. The number of halogens is 3. The molecule has 2 rings (SSSR count). The second kappa shape index (κ2) is 3.50. The van der Waals surface area contributed by atoms with Gasteiger partial charge in [0.05, 0.1) is 0 Å². The predicted octanol–water partition coefficient (Wildman–Crippen LogP) is 2.71. The molecule has 86 valence electrons. The number of carbonyl (C=O) groups excluding carboxylic acids is 1. The first-order chi connectivity index (χ1) is 7.42. The summed E-state index contributed by atoms with van der Waals surface area (Å²) in [4.78, 5) is 11.3. The molecule has 0 bridgehead atoms. The first kappa shape index (κ1) is 11.0. The Morgan fingerprint density at radius 3 is 2.50 bits per heavy atom. The van der Waals surface area contributed by atoms with Gasteiger partial charge >= 0.3 is 0 Å². The molecule has 0 heterocycles. The summed E-state index contributed by atoms with van der Waals surface area (Å²) in [5, 5.41) is 2.23. The fourth-order valence-electron chi connectivity index (χ4n) is 1.38. The average molecular weight is 229 g/mol. The summed E-state index contributed by atoms with van der Waals surface area (Å²) in [5.41, 5.74) is -1.68. The number of alkyl halides is 1. The van der Waals surface area contributed by atoms with E-state index in [4.69, 9.17) is 0 Å². The van der Waals surface area contributed by atoms with E-state index in [0.29, 0.717) is 0 Å². The molecule has 1 fully saturated rings. The van der Waals surface area contributed by atoms with Gasteiger partial charge < -0.3 is 5.32 Å². The molecule has 0 aliphatic heterocycles. The Balaban J connectivity index is 2.19. The van der Waals surface area contributed by atoms with Crippen molar-refractivity contribution in [2.24, 2.45) is 0 Å². The SMILES string of the molecule is Cc1cc(NC(=O)C2(F)CC2)cc(F)c1F. The van der Waals surface area contributed by atoms with Gasteiger partial charge in [0.15, 0.2) is 17.3 Å². The molecule has 0 atom stereocenters. The van der Waals surface area contributed by atoms with Gasteiger partial charge in [-0.2, -0.15) is 0 Å². The van der Waals surface area contributed by atoms with Crippen molar-refractivity contribution in [3.8, 4) is 0 Å². The van der Waals surface area contributed by atoms with Crippen molar-refractivity contribution in [3.63, 3.8) is 0 Å². The average Bonchev–Trinajstić information content (AvgIpc) is 2.94. The summed E-state index contributed by atoms with van der Waals surface area (Å²) < 4.78 is 39.2. The largest absolute Gasteiger partial charge is 0.323 e. The normalized spacial score (nSPS) is 17.0. The van der Waals surface area contributed by atoms with Crippen molar-refractivity contribution in [1.29, 1.82) is 0 Å². The van der Waals surface area contributed by atoms with Crippen LogP contribution in [0.2, 0.25) is 0 Å². The van der Waals surface area contributed by atoms with Crippen molar-refractivity contribution in [3.05, 3.63) is 29.3 Å². The first-order valence-electron chi connectivity index (χ1n) is 4.88. The molecule has 1 aliphatic carbocycles. The molecule has 1 saturated carbocycles. The lowest BCUT2D eigenvalue weighted by Crippen LogP contribution is -2.25. The third-order valence-corrected chi connectivity index (χ3v) is 2.56. The molecular formula is C11H10F3NO. The third kappa shape index (κ3) is 1.89. The zero-order valence-corrected chi connectivity index (χ0v) is 8.61. The van der Waals surface area contributed by atoms with E-state index in [9.17, 15) is 18.0 Å². The van der Waals surface area contributed by atoms with Crippen LogP contribution in [0, 0.1) is 18.6 Å². The highest BCUT2D eigenvalue weighted by atomic mass is 19.2. The molecule has 1 aromatic rings. The van der Waals surface area contributed by atoms with Crippen LogP contribution in [-0.4, -0.2) is 11.6 Å². The van der Waals surface area contributed by atoms with Crippen LogP contribution in [0.3, 0.4) is 0 Å². The van der Waals surface area contributed by atoms with Crippen molar-refractivity contribution in [2.45, 2.75) is 25.4 Å². The summed E-state index contributed by atoms with van der Waals surface area (Å²) in [7, 11) is 0. The minimum atomic E-state index is -1.82. The first-order valence-corrected chi connectivity index (χ1v) is 4.88. The van der Waals surface area contributed by atoms with Gasteiger partial charge in [-0.1, -0.05) is 0 Å². The second-order valence-corrected chi connectivity index (χ2v) is 4.01. The number of anilines is 1. The maximum atomic E-state index is 13.3. The summed E-state index contributed by atoms with van der Waals surface area (Å²) in [6, 6.07) is 2.11. The summed E-state index contributed by atoms with van der Waals surface area (Å²) >= 11 is 0. The number of amides is 1. The molecule has 0 aromatic heterocycles. The van der Waals surface area contributed by atoms with Crippen LogP contribution < -0.4 is 5.32 Å². The highest BCUT2D eigenvalue weighted by Crippen LogP contribution is 2.40. The lowest BCUT2D eigenvalue weighted by Gasteiger charge is -2.09. The van der Waals surface area contributed by atoms with Crippen LogP contribution in [-0.2, 0) is 4.79 Å².